The third kappa shape index (κ3) is 3.06. The zero-order valence-corrected chi connectivity index (χ0v) is 11.8. The summed E-state index contributed by atoms with van der Waals surface area (Å²) in [5.74, 6) is 1.78. The van der Waals surface area contributed by atoms with Gasteiger partial charge in [0.25, 0.3) is 0 Å². The fourth-order valence-corrected chi connectivity index (χ4v) is 2.36. The van der Waals surface area contributed by atoms with E-state index in [0.717, 1.165) is 17.9 Å². The van der Waals surface area contributed by atoms with Crippen LogP contribution in [-0.2, 0) is 17.8 Å². The molecule has 1 heterocycles. The predicted octanol–water partition coefficient (Wildman–Crippen LogP) is 3.30. The van der Waals surface area contributed by atoms with E-state index in [1.54, 1.807) is 7.11 Å². The number of benzene rings is 1. The molecule has 0 radical (unpaired) electrons. The summed E-state index contributed by atoms with van der Waals surface area (Å²) in [5.41, 5.74) is 2.61. The molecule has 1 aromatic heterocycles. The molecule has 102 valence electrons. The van der Waals surface area contributed by atoms with E-state index >= 15 is 0 Å². The van der Waals surface area contributed by atoms with Crippen molar-refractivity contribution in [2.75, 3.05) is 14.2 Å². The van der Waals surface area contributed by atoms with Gasteiger partial charge in [-0.25, -0.2) is 0 Å². The van der Waals surface area contributed by atoms with Crippen LogP contribution in [0.4, 0.5) is 0 Å². The Morgan fingerprint density at radius 3 is 2.68 bits per heavy atom. The van der Waals surface area contributed by atoms with Gasteiger partial charge in [0.2, 0.25) is 0 Å². The fraction of sp³-hybridized carbons (Fsp3) is 0.375. The van der Waals surface area contributed by atoms with Gasteiger partial charge in [-0.2, -0.15) is 0 Å². The minimum atomic E-state index is 0.0850. The van der Waals surface area contributed by atoms with E-state index in [9.17, 15) is 0 Å². The number of rotatable bonds is 6. The summed E-state index contributed by atoms with van der Waals surface area (Å²) in [6, 6.07) is 12.5. The number of aryl methyl sites for hydroxylation is 1. The summed E-state index contributed by atoms with van der Waals surface area (Å²) in [5, 5.41) is 3.33. The largest absolute Gasteiger partial charge is 0.462 e. The van der Waals surface area contributed by atoms with Gasteiger partial charge >= 0.3 is 0 Å². The standard InChI is InChI=1S/C16H21NO2/c1-4-12-7-5-6-8-14(12)16(17-2)15-10-9-13(19-15)11-18-3/h5-10,16-17H,4,11H2,1-3H3. The highest BCUT2D eigenvalue weighted by molar-refractivity contribution is 5.34. The Balaban J connectivity index is 2.32. The van der Waals surface area contributed by atoms with Crippen molar-refractivity contribution in [3.8, 4) is 0 Å². The molecule has 0 aliphatic heterocycles. The average molecular weight is 259 g/mol. The first-order valence-electron chi connectivity index (χ1n) is 6.62. The third-order valence-corrected chi connectivity index (χ3v) is 3.29. The molecule has 3 heteroatoms. The molecule has 1 atom stereocenters. The van der Waals surface area contributed by atoms with E-state index in [1.165, 1.54) is 11.1 Å². The van der Waals surface area contributed by atoms with Crippen LogP contribution in [0.1, 0.15) is 35.6 Å². The van der Waals surface area contributed by atoms with Gasteiger partial charge in [0.1, 0.15) is 18.1 Å². The summed E-state index contributed by atoms with van der Waals surface area (Å²) in [6.45, 7) is 2.68. The lowest BCUT2D eigenvalue weighted by molar-refractivity contribution is 0.162. The molecular formula is C16H21NO2. The van der Waals surface area contributed by atoms with E-state index in [2.05, 4.69) is 36.5 Å². The fourth-order valence-electron chi connectivity index (χ4n) is 2.36. The molecule has 0 saturated heterocycles. The molecule has 1 N–H and O–H groups in total. The zero-order chi connectivity index (χ0) is 13.7. The predicted molar refractivity (Wildman–Crippen MR) is 76.1 cm³/mol. The number of hydrogen-bond acceptors (Lipinski definition) is 3. The van der Waals surface area contributed by atoms with E-state index in [4.69, 9.17) is 9.15 Å². The van der Waals surface area contributed by atoms with Crippen molar-refractivity contribution in [2.45, 2.75) is 26.0 Å². The van der Waals surface area contributed by atoms with Gasteiger partial charge in [-0.05, 0) is 36.7 Å². The van der Waals surface area contributed by atoms with Crippen LogP contribution in [0.2, 0.25) is 0 Å². The van der Waals surface area contributed by atoms with Crippen molar-refractivity contribution in [3.05, 3.63) is 59.0 Å². The quantitative estimate of drug-likeness (QED) is 0.864. The maximum atomic E-state index is 5.84. The summed E-state index contributed by atoms with van der Waals surface area (Å²) in [6.07, 6.45) is 1.01. The van der Waals surface area contributed by atoms with Gasteiger partial charge in [-0.15, -0.1) is 0 Å². The monoisotopic (exact) mass is 259 g/mol. The Labute approximate surface area is 114 Å². The molecule has 0 aliphatic rings. The summed E-state index contributed by atoms with van der Waals surface area (Å²) >= 11 is 0. The van der Waals surface area contributed by atoms with Crippen molar-refractivity contribution in [2.24, 2.45) is 0 Å². The second-order valence-corrected chi connectivity index (χ2v) is 4.51. The van der Waals surface area contributed by atoms with Gasteiger partial charge in [-0.3, -0.25) is 0 Å². The van der Waals surface area contributed by atoms with Crippen molar-refractivity contribution >= 4 is 0 Å². The first-order chi connectivity index (χ1) is 9.30. The van der Waals surface area contributed by atoms with Crippen molar-refractivity contribution in [1.29, 1.82) is 0 Å². The molecule has 2 aromatic rings. The van der Waals surface area contributed by atoms with Crippen LogP contribution in [0.5, 0.6) is 0 Å². The molecule has 0 aliphatic carbocycles. The summed E-state index contributed by atoms with van der Waals surface area (Å²) < 4.78 is 10.9. The van der Waals surface area contributed by atoms with Crippen molar-refractivity contribution in [1.82, 2.24) is 5.32 Å². The highest BCUT2D eigenvalue weighted by atomic mass is 16.5. The Hall–Kier alpha value is -1.58. The average Bonchev–Trinajstić information content (AvgIpc) is 2.89. The van der Waals surface area contributed by atoms with Crippen molar-refractivity contribution < 1.29 is 9.15 Å². The Kier molecular flexibility index (Phi) is 4.77. The van der Waals surface area contributed by atoms with Crippen LogP contribution in [0.15, 0.2) is 40.8 Å². The van der Waals surface area contributed by atoms with Crippen molar-refractivity contribution in [3.63, 3.8) is 0 Å². The maximum absolute atomic E-state index is 5.84. The molecular weight excluding hydrogens is 238 g/mol. The van der Waals surface area contributed by atoms with Crippen LogP contribution in [0.25, 0.3) is 0 Å². The van der Waals surface area contributed by atoms with Crippen LogP contribution >= 0.6 is 0 Å². The smallest absolute Gasteiger partial charge is 0.129 e. The minimum Gasteiger partial charge on any atom is -0.462 e. The summed E-state index contributed by atoms with van der Waals surface area (Å²) in [4.78, 5) is 0. The molecule has 0 fully saturated rings. The van der Waals surface area contributed by atoms with Gasteiger partial charge in [-0.1, -0.05) is 31.2 Å². The summed E-state index contributed by atoms with van der Waals surface area (Å²) in [7, 11) is 3.62. The normalized spacial score (nSPS) is 12.6. The van der Waals surface area contributed by atoms with E-state index in [1.807, 2.05) is 19.2 Å². The second kappa shape index (κ2) is 6.55. The van der Waals surface area contributed by atoms with Crippen LogP contribution in [0, 0.1) is 0 Å². The second-order valence-electron chi connectivity index (χ2n) is 4.51. The highest BCUT2D eigenvalue weighted by Crippen LogP contribution is 2.26. The lowest BCUT2D eigenvalue weighted by Gasteiger charge is -2.17. The zero-order valence-electron chi connectivity index (χ0n) is 11.8. The number of ether oxygens (including phenoxy) is 1. The third-order valence-electron chi connectivity index (χ3n) is 3.29. The molecule has 19 heavy (non-hydrogen) atoms. The molecule has 0 amide bonds. The molecule has 3 nitrogen and oxygen atoms in total. The van der Waals surface area contributed by atoms with Gasteiger partial charge in [0.15, 0.2) is 0 Å². The van der Waals surface area contributed by atoms with E-state index in [0.29, 0.717) is 6.61 Å². The Bertz CT molecular complexity index is 519. The van der Waals surface area contributed by atoms with E-state index < -0.39 is 0 Å². The first-order valence-corrected chi connectivity index (χ1v) is 6.62. The SMILES string of the molecule is CCc1ccccc1C(NC)c1ccc(COC)o1. The molecule has 0 bridgehead atoms. The number of methoxy groups -OCH3 is 1. The number of furan rings is 1. The first kappa shape index (κ1) is 13.8. The minimum absolute atomic E-state index is 0.0850. The molecule has 0 spiro atoms. The molecule has 1 aromatic carbocycles. The maximum Gasteiger partial charge on any atom is 0.129 e. The topological polar surface area (TPSA) is 34.4 Å². The number of nitrogens with one attached hydrogen (secondary N) is 1. The van der Waals surface area contributed by atoms with Gasteiger partial charge in [0, 0.05) is 7.11 Å². The van der Waals surface area contributed by atoms with E-state index in [-0.39, 0.29) is 6.04 Å². The molecule has 1 unspecified atom stereocenters. The Morgan fingerprint density at radius 2 is 2.00 bits per heavy atom. The van der Waals surface area contributed by atoms with Gasteiger partial charge < -0.3 is 14.5 Å². The lowest BCUT2D eigenvalue weighted by atomic mass is 9.97. The highest BCUT2D eigenvalue weighted by Gasteiger charge is 2.18. The molecule has 0 saturated carbocycles. The molecule has 2 rings (SSSR count). The Morgan fingerprint density at radius 1 is 1.21 bits per heavy atom. The number of hydrogen-bond donors (Lipinski definition) is 1. The van der Waals surface area contributed by atoms with Crippen LogP contribution < -0.4 is 5.32 Å². The lowest BCUT2D eigenvalue weighted by Crippen LogP contribution is -2.18. The van der Waals surface area contributed by atoms with Crippen LogP contribution in [0.3, 0.4) is 0 Å². The van der Waals surface area contributed by atoms with Crippen LogP contribution in [-0.4, -0.2) is 14.2 Å². The van der Waals surface area contributed by atoms with Gasteiger partial charge in [0.05, 0.1) is 6.04 Å².